The number of benzene rings is 2. The van der Waals surface area contributed by atoms with Gasteiger partial charge in [-0.15, -0.1) is 0 Å². The number of aromatic hydroxyl groups is 1. The topological polar surface area (TPSA) is 46.0 Å². The first kappa shape index (κ1) is 17.0. The molecule has 0 spiro atoms. The number of hydrogen-bond donors (Lipinski definition) is 1. The van der Waals surface area contributed by atoms with Crippen LogP contribution in [-0.2, 0) is 6.42 Å². The predicted molar refractivity (Wildman–Crippen MR) is 108 cm³/mol. The molecule has 0 atom stereocenters. The lowest BCUT2D eigenvalue weighted by Gasteiger charge is -2.20. The van der Waals surface area contributed by atoms with Crippen molar-refractivity contribution in [2.24, 2.45) is 0 Å². The molecule has 3 heteroatoms. The van der Waals surface area contributed by atoms with Gasteiger partial charge < -0.3 is 5.11 Å². The predicted octanol–water partition coefficient (Wildman–Crippen LogP) is 5.22. The molecule has 0 amide bonds. The van der Waals surface area contributed by atoms with Gasteiger partial charge in [-0.2, -0.15) is 0 Å². The first-order chi connectivity index (χ1) is 13.3. The molecule has 3 nitrogen and oxygen atoms in total. The Hall–Kier alpha value is -3.46. The van der Waals surface area contributed by atoms with E-state index in [9.17, 15) is 5.11 Å². The number of rotatable bonds is 5. The van der Waals surface area contributed by atoms with Gasteiger partial charge in [0.05, 0.1) is 0 Å². The molecule has 0 aliphatic carbocycles. The van der Waals surface area contributed by atoms with Gasteiger partial charge in [-0.25, -0.2) is 0 Å². The third-order valence-corrected chi connectivity index (χ3v) is 4.82. The maximum atomic E-state index is 10.7. The number of phenols is 1. The van der Waals surface area contributed by atoms with Gasteiger partial charge in [0.2, 0.25) is 0 Å². The Kier molecular flexibility index (Phi) is 4.93. The van der Waals surface area contributed by atoms with E-state index in [2.05, 4.69) is 40.3 Å². The number of nitrogens with zero attached hydrogens (tertiary/aromatic N) is 2. The van der Waals surface area contributed by atoms with Crippen LogP contribution in [0.3, 0.4) is 0 Å². The van der Waals surface area contributed by atoms with Crippen LogP contribution in [0, 0.1) is 0 Å². The normalized spacial score (nSPS) is 10.9. The molecular weight excluding hydrogens is 332 g/mol. The van der Waals surface area contributed by atoms with Crippen LogP contribution >= 0.6 is 0 Å². The highest BCUT2D eigenvalue weighted by molar-refractivity contribution is 5.70. The number of aromatic nitrogens is 2. The van der Waals surface area contributed by atoms with E-state index in [1.54, 1.807) is 18.5 Å². The first-order valence-electron chi connectivity index (χ1n) is 8.99. The van der Waals surface area contributed by atoms with E-state index in [4.69, 9.17) is 0 Å². The average Bonchev–Trinajstić information content (AvgIpc) is 2.74. The van der Waals surface area contributed by atoms with Crippen molar-refractivity contribution in [3.8, 4) is 16.9 Å². The second-order valence-electron chi connectivity index (χ2n) is 6.50. The van der Waals surface area contributed by atoms with Crippen molar-refractivity contribution in [2.75, 3.05) is 0 Å². The lowest BCUT2D eigenvalue weighted by molar-refractivity contribution is 0.467. The van der Waals surface area contributed by atoms with Crippen molar-refractivity contribution in [3.05, 3.63) is 114 Å². The molecule has 0 aliphatic rings. The molecule has 2 aromatic carbocycles. The zero-order chi connectivity index (χ0) is 18.5. The molecule has 0 unspecified atom stereocenters. The van der Waals surface area contributed by atoms with E-state index in [0.29, 0.717) is 12.2 Å². The van der Waals surface area contributed by atoms with Crippen molar-refractivity contribution in [1.82, 2.24) is 9.97 Å². The Labute approximate surface area is 159 Å². The molecule has 2 aromatic heterocycles. The van der Waals surface area contributed by atoms with Crippen molar-refractivity contribution in [2.45, 2.75) is 12.3 Å². The third-order valence-electron chi connectivity index (χ3n) is 4.82. The second-order valence-corrected chi connectivity index (χ2v) is 6.50. The fourth-order valence-corrected chi connectivity index (χ4v) is 3.47. The summed E-state index contributed by atoms with van der Waals surface area (Å²) >= 11 is 0. The molecule has 4 rings (SSSR count). The van der Waals surface area contributed by atoms with Gasteiger partial charge in [-0.05, 0) is 46.9 Å². The summed E-state index contributed by atoms with van der Waals surface area (Å²) in [4.78, 5) is 8.59. The van der Waals surface area contributed by atoms with Crippen molar-refractivity contribution >= 4 is 0 Å². The highest BCUT2D eigenvalue weighted by Crippen LogP contribution is 2.36. The Morgan fingerprint density at radius 3 is 1.96 bits per heavy atom. The molecular formula is C24H20N2O. The summed E-state index contributed by atoms with van der Waals surface area (Å²) in [5.74, 6) is 0.372. The van der Waals surface area contributed by atoms with Gasteiger partial charge in [0.25, 0.3) is 0 Å². The standard InChI is InChI=1S/C24H20N2O/c27-24-12-4-11-21(18-7-2-1-3-8-18)23(24)15-22(19-9-5-13-25-16-19)20-10-6-14-26-17-20/h1-14,16-17,22,27H,15H2. The van der Waals surface area contributed by atoms with Gasteiger partial charge in [0, 0.05) is 36.3 Å². The fraction of sp³-hybridized carbons (Fsp3) is 0.0833. The number of hydrogen-bond acceptors (Lipinski definition) is 3. The molecule has 0 bridgehead atoms. The SMILES string of the molecule is Oc1cccc(-c2ccccc2)c1CC(c1cccnc1)c1cccnc1. The highest BCUT2D eigenvalue weighted by Gasteiger charge is 2.20. The van der Waals surface area contributed by atoms with Crippen molar-refractivity contribution in [3.63, 3.8) is 0 Å². The van der Waals surface area contributed by atoms with Crippen LogP contribution in [0.2, 0.25) is 0 Å². The van der Waals surface area contributed by atoms with E-state index >= 15 is 0 Å². The fourth-order valence-electron chi connectivity index (χ4n) is 3.47. The summed E-state index contributed by atoms with van der Waals surface area (Å²) < 4.78 is 0. The lowest BCUT2D eigenvalue weighted by Crippen LogP contribution is -2.07. The minimum Gasteiger partial charge on any atom is -0.508 e. The Balaban J connectivity index is 1.81. The van der Waals surface area contributed by atoms with E-state index in [1.807, 2.05) is 48.8 Å². The molecule has 132 valence electrons. The van der Waals surface area contributed by atoms with E-state index < -0.39 is 0 Å². The maximum absolute atomic E-state index is 10.7. The molecule has 0 radical (unpaired) electrons. The summed E-state index contributed by atoms with van der Waals surface area (Å²) in [6.07, 6.45) is 7.99. The highest BCUT2D eigenvalue weighted by atomic mass is 16.3. The third kappa shape index (κ3) is 3.72. The average molecular weight is 352 g/mol. The van der Waals surface area contributed by atoms with Crippen LogP contribution < -0.4 is 0 Å². The van der Waals surface area contributed by atoms with E-state index in [1.165, 1.54) is 0 Å². The Bertz CT molecular complexity index is 963. The van der Waals surface area contributed by atoms with Crippen molar-refractivity contribution in [1.29, 1.82) is 0 Å². The van der Waals surface area contributed by atoms with Crippen LogP contribution in [0.4, 0.5) is 0 Å². The van der Waals surface area contributed by atoms with Gasteiger partial charge in [0.1, 0.15) is 5.75 Å². The van der Waals surface area contributed by atoms with Crippen LogP contribution in [-0.4, -0.2) is 15.1 Å². The lowest BCUT2D eigenvalue weighted by atomic mass is 9.84. The molecule has 1 N–H and O–H groups in total. The maximum Gasteiger partial charge on any atom is 0.119 e. The van der Waals surface area contributed by atoms with Crippen LogP contribution in [0.25, 0.3) is 11.1 Å². The number of pyridine rings is 2. The number of phenolic OH excluding ortho intramolecular Hbond substituents is 1. The van der Waals surface area contributed by atoms with E-state index in [-0.39, 0.29) is 5.92 Å². The van der Waals surface area contributed by atoms with Gasteiger partial charge >= 0.3 is 0 Å². The van der Waals surface area contributed by atoms with Crippen LogP contribution in [0.1, 0.15) is 22.6 Å². The van der Waals surface area contributed by atoms with Gasteiger partial charge in [-0.3, -0.25) is 9.97 Å². The smallest absolute Gasteiger partial charge is 0.119 e. The molecule has 0 saturated carbocycles. The van der Waals surface area contributed by atoms with Crippen LogP contribution in [0.5, 0.6) is 5.75 Å². The van der Waals surface area contributed by atoms with Gasteiger partial charge in [0.15, 0.2) is 0 Å². The Morgan fingerprint density at radius 2 is 1.37 bits per heavy atom. The molecule has 27 heavy (non-hydrogen) atoms. The summed E-state index contributed by atoms with van der Waals surface area (Å²) in [6.45, 7) is 0. The minimum atomic E-state index is 0.0585. The minimum absolute atomic E-state index is 0.0585. The molecule has 0 aliphatic heterocycles. The molecule has 4 aromatic rings. The van der Waals surface area contributed by atoms with Gasteiger partial charge in [-0.1, -0.05) is 54.6 Å². The molecule has 0 saturated heterocycles. The van der Waals surface area contributed by atoms with E-state index in [0.717, 1.165) is 27.8 Å². The summed E-state index contributed by atoms with van der Waals surface area (Å²) in [5, 5.41) is 10.7. The van der Waals surface area contributed by atoms with Crippen LogP contribution in [0.15, 0.2) is 97.6 Å². The molecule has 2 heterocycles. The first-order valence-corrected chi connectivity index (χ1v) is 8.99. The largest absolute Gasteiger partial charge is 0.508 e. The summed E-state index contributed by atoms with van der Waals surface area (Å²) in [6, 6.07) is 23.9. The molecule has 0 fully saturated rings. The summed E-state index contributed by atoms with van der Waals surface area (Å²) in [5.41, 5.74) is 5.29. The second kappa shape index (κ2) is 7.83. The van der Waals surface area contributed by atoms with Crippen molar-refractivity contribution < 1.29 is 5.11 Å². The summed E-state index contributed by atoms with van der Waals surface area (Å²) in [7, 11) is 0. The monoisotopic (exact) mass is 352 g/mol. The zero-order valence-corrected chi connectivity index (χ0v) is 14.9. The zero-order valence-electron chi connectivity index (χ0n) is 14.9. The Morgan fingerprint density at radius 1 is 0.704 bits per heavy atom. The quantitative estimate of drug-likeness (QED) is 0.535.